The molecule has 0 aliphatic rings. The van der Waals surface area contributed by atoms with Crippen molar-refractivity contribution in [2.24, 2.45) is 0 Å². The molecule has 0 saturated carbocycles. The van der Waals surface area contributed by atoms with Crippen LogP contribution in [0.2, 0.25) is 5.02 Å². The molecular formula is C15H14BrClN2O2. The summed E-state index contributed by atoms with van der Waals surface area (Å²) in [6, 6.07) is 8.70. The maximum absolute atomic E-state index is 12.1. The standard InChI is InChI=1S/C15H14BrClN2O2/c1-9-6-14(18-8-13(9)16)19-15(20)10(2)21-12-5-3-4-11(17)7-12/h3-8,10H,1-2H3,(H,18,19,20). The molecule has 1 N–H and O–H groups in total. The fraction of sp³-hybridized carbons (Fsp3) is 0.200. The zero-order valence-corrected chi connectivity index (χ0v) is 13.9. The van der Waals surface area contributed by atoms with Crippen molar-refractivity contribution in [1.29, 1.82) is 0 Å². The highest BCUT2D eigenvalue weighted by Crippen LogP contribution is 2.20. The van der Waals surface area contributed by atoms with E-state index in [1.807, 2.05) is 6.92 Å². The Morgan fingerprint density at radius 2 is 2.19 bits per heavy atom. The van der Waals surface area contributed by atoms with Gasteiger partial charge in [-0.2, -0.15) is 0 Å². The predicted octanol–water partition coefficient (Wildman–Crippen LogP) is 4.21. The monoisotopic (exact) mass is 368 g/mol. The third kappa shape index (κ3) is 4.44. The minimum atomic E-state index is -0.658. The van der Waals surface area contributed by atoms with Gasteiger partial charge in [0.25, 0.3) is 5.91 Å². The molecule has 1 amide bonds. The Hall–Kier alpha value is -1.59. The van der Waals surface area contributed by atoms with Crippen LogP contribution in [0.4, 0.5) is 5.82 Å². The van der Waals surface area contributed by atoms with Crippen LogP contribution >= 0.6 is 27.5 Å². The van der Waals surface area contributed by atoms with Crippen molar-refractivity contribution in [3.05, 3.63) is 51.6 Å². The largest absolute Gasteiger partial charge is 0.481 e. The van der Waals surface area contributed by atoms with E-state index in [1.165, 1.54) is 0 Å². The third-order valence-corrected chi connectivity index (χ3v) is 3.84. The number of ether oxygens (including phenoxy) is 1. The quantitative estimate of drug-likeness (QED) is 0.878. The second kappa shape index (κ2) is 6.91. The molecule has 0 spiro atoms. The minimum Gasteiger partial charge on any atom is -0.481 e. The van der Waals surface area contributed by atoms with Crippen molar-refractivity contribution in [3.8, 4) is 5.75 Å². The van der Waals surface area contributed by atoms with Gasteiger partial charge in [-0.25, -0.2) is 4.98 Å². The highest BCUT2D eigenvalue weighted by atomic mass is 79.9. The SMILES string of the molecule is Cc1cc(NC(=O)C(C)Oc2cccc(Cl)c2)ncc1Br. The summed E-state index contributed by atoms with van der Waals surface area (Å²) in [7, 11) is 0. The molecule has 2 aromatic rings. The van der Waals surface area contributed by atoms with Crippen LogP contribution in [-0.4, -0.2) is 17.0 Å². The summed E-state index contributed by atoms with van der Waals surface area (Å²) in [6.45, 7) is 3.59. The van der Waals surface area contributed by atoms with E-state index in [1.54, 1.807) is 43.5 Å². The number of halogens is 2. The van der Waals surface area contributed by atoms with Crippen molar-refractivity contribution in [1.82, 2.24) is 4.98 Å². The van der Waals surface area contributed by atoms with E-state index in [0.29, 0.717) is 16.6 Å². The Balaban J connectivity index is 2.00. The van der Waals surface area contributed by atoms with Gasteiger partial charge in [-0.15, -0.1) is 0 Å². The number of pyridine rings is 1. The van der Waals surface area contributed by atoms with Gasteiger partial charge in [0.2, 0.25) is 0 Å². The Bertz CT molecular complexity index is 664. The van der Waals surface area contributed by atoms with Gasteiger partial charge < -0.3 is 10.1 Å². The zero-order valence-electron chi connectivity index (χ0n) is 11.6. The lowest BCUT2D eigenvalue weighted by Gasteiger charge is -2.14. The normalized spacial score (nSPS) is 11.8. The van der Waals surface area contributed by atoms with Crippen LogP contribution < -0.4 is 10.1 Å². The van der Waals surface area contributed by atoms with Gasteiger partial charge in [-0.05, 0) is 59.6 Å². The van der Waals surface area contributed by atoms with Crippen molar-refractivity contribution in [2.75, 3.05) is 5.32 Å². The first-order chi connectivity index (χ1) is 9.95. The molecule has 0 aliphatic carbocycles. The Kier molecular flexibility index (Phi) is 5.20. The number of aryl methyl sites for hydroxylation is 1. The van der Waals surface area contributed by atoms with Crippen molar-refractivity contribution < 1.29 is 9.53 Å². The molecule has 1 unspecified atom stereocenters. The van der Waals surface area contributed by atoms with Crippen LogP contribution in [0, 0.1) is 6.92 Å². The number of nitrogens with zero attached hydrogens (tertiary/aromatic N) is 1. The molecule has 0 saturated heterocycles. The fourth-order valence-electron chi connectivity index (χ4n) is 1.63. The second-order valence-corrected chi connectivity index (χ2v) is 5.82. The fourth-order valence-corrected chi connectivity index (χ4v) is 2.03. The average Bonchev–Trinajstić information content (AvgIpc) is 2.43. The Morgan fingerprint density at radius 1 is 1.43 bits per heavy atom. The molecule has 0 radical (unpaired) electrons. The van der Waals surface area contributed by atoms with E-state index >= 15 is 0 Å². The highest BCUT2D eigenvalue weighted by Gasteiger charge is 2.15. The van der Waals surface area contributed by atoms with Gasteiger partial charge in [0.15, 0.2) is 6.10 Å². The number of nitrogens with one attached hydrogen (secondary N) is 1. The molecule has 0 fully saturated rings. The molecule has 1 atom stereocenters. The van der Waals surface area contributed by atoms with Gasteiger partial charge in [0.1, 0.15) is 11.6 Å². The first kappa shape index (κ1) is 15.8. The van der Waals surface area contributed by atoms with Crippen molar-refractivity contribution >= 4 is 39.3 Å². The average molecular weight is 370 g/mol. The van der Waals surface area contributed by atoms with E-state index in [2.05, 4.69) is 26.2 Å². The molecule has 2 rings (SSSR count). The van der Waals surface area contributed by atoms with Gasteiger partial charge in [0, 0.05) is 15.7 Å². The molecule has 1 aromatic carbocycles. The summed E-state index contributed by atoms with van der Waals surface area (Å²) in [5.41, 5.74) is 0.990. The van der Waals surface area contributed by atoms with E-state index in [4.69, 9.17) is 16.3 Å². The number of carbonyl (C=O) groups excluding carboxylic acids is 1. The van der Waals surface area contributed by atoms with Crippen LogP contribution in [0.5, 0.6) is 5.75 Å². The van der Waals surface area contributed by atoms with Crippen LogP contribution in [0.1, 0.15) is 12.5 Å². The maximum atomic E-state index is 12.1. The Labute approximate surface area is 136 Å². The molecular weight excluding hydrogens is 356 g/mol. The summed E-state index contributed by atoms with van der Waals surface area (Å²) in [4.78, 5) is 16.2. The molecule has 0 bridgehead atoms. The molecule has 6 heteroatoms. The third-order valence-electron chi connectivity index (χ3n) is 2.78. The molecule has 1 heterocycles. The Morgan fingerprint density at radius 3 is 2.86 bits per heavy atom. The van der Waals surface area contributed by atoms with Crippen LogP contribution in [0.3, 0.4) is 0 Å². The number of anilines is 1. The summed E-state index contributed by atoms with van der Waals surface area (Å²) in [5, 5.41) is 3.28. The number of aromatic nitrogens is 1. The van der Waals surface area contributed by atoms with Gasteiger partial charge in [-0.1, -0.05) is 17.7 Å². The van der Waals surface area contributed by atoms with Crippen molar-refractivity contribution in [2.45, 2.75) is 20.0 Å². The summed E-state index contributed by atoms with van der Waals surface area (Å²) in [6.07, 6.45) is 0.988. The van der Waals surface area contributed by atoms with Gasteiger partial charge in [0.05, 0.1) is 0 Å². The molecule has 0 aliphatic heterocycles. The number of carbonyl (C=O) groups is 1. The van der Waals surface area contributed by atoms with E-state index in [-0.39, 0.29) is 5.91 Å². The predicted molar refractivity (Wildman–Crippen MR) is 86.8 cm³/mol. The lowest BCUT2D eigenvalue weighted by molar-refractivity contribution is -0.122. The highest BCUT2D eigenvalue weighted by molar-refractivity contribution is 9.10. The molecule has 21 heavy (non-hydrogen) atoms. The number of rotatable bonds is 4. The molecule has 4 nitrogen and oxygen atoms in total. The lowest BCUT2D eigenvalue weighted by Crippen LogP contribution is -2.30. The van der Waals surface area contributed by atoms with Crippen molar-refractivity contribution in [3.63, 3.8) is 0 Å². The first-order valence-corrected chi connectivity index (χ1v) is 7.48. The van der Waals surface area contributed by atoms with Crippen LogP contribution in [-0.2, 0) is 4.79 Å². The second-order valence-electron chi connectivity index (χ2n) is 4.53. The van der Waals surface area contributed by atoms with E-state index in [9.17, 15) is 4.79 Å². The number of amides is 1. The minimum absolute atomic E-state index is 0.274. The number of benzene rings is 1. The smallest absolute Gasteiger partial charge is 0.266 e. The van der Waals surface area contributed by atoms with Crippen LogP contribution in [0.15, 0.2) is 41.0 Å². The number of hydrogen-bond acceptors (Lipinski definition) is 3. The summed E-state index contributed by atoms with van der Waals surface area (Å²) < 4.78 is 6.44. The van der Waals surface area contributed by atoms with E-state index in [0.717, 1.165) is 10.0 Å². The zero-order chi connectivity index (χ0) is 15.4. The summed E-state index contributed by atoms with van der Waals surface area (Å²) in [5.74, 6) is 0.761. The van der Waals surface area contributed by atoms with Crippen LogP contribution in [0.25, 0.3) is 0 Å². The topological polar surface area (TPSA) is 51.2 Å². The number of hydrogen-bond donors (Lipinski definition) is 1. The molecule has 110 valence electrons. The lowest BCUT2D eigenvalue weighted by atomic mass is 10.3. The van der Waals surface area contributed by atoms with Gasteiger partial charge >= 0.3 is 0 Å². The van der Waals surface area contributed by atoms with Gasteiger partial charge in [-0.3, -0.25) is 4.79 Å². The van der Waals surface area contributed by atoms with E-state index < -0.39 is 6.10 Å². The first-order valence-electron chi connectivity index (χ1n) is 6.31. The molecule has 1 aromatic heterocycles. The summed E-state index contributed by atoms with van der Waals surface area (Å²) >= 11 is 9.24. The maximum Gasteiger partial charge on any atom is 0.266 e.